The number of nitrogens with one attached hydrogen (secondary N) is 1. The summed E-state index contributed by atoms with van der Waals surface area (Å²) in [4.78, 5) is 2.26. The van der Waals surface area contributed by atoms with E-state index >= 15 is 0 Å². The number of halogens is 1. The summed E-state index contributed by atoms with van der Waals surface area (Å²) in [6, 6.07) is 5.37. The van der Waals surface area contributed by atoms with Crippen LogP contribution in [0.25, 0.3) is 0 Å². The average Bonchev–Trinajstić information content (AvgIpc) is 2.41. The third kappa shape index (κ3) is 5.10. The zero-order valence-corrected chi connectivity index (χ0v) is 13.1. The van der Waals surface area contributed by atoms with Crippen molar-refractivity contribution in [3.63, 3.8) is 0 Å². The Hall–Kier alpha value is -1.13. The van der Waals surface area contributed by atoms with E-state index in [1.807, 2.05) is 6.07 Å². The first kappa shape index (κ1) is 16.9. The minimum atomic E-state index is -0.183. The van der Waals surface area contributed by atoms with Crippen molar-refractivity contribution in [2.24, 2.45) is 0 Å². The van der Waals surface area contributed by atoms with Crippen LogP contribution in [-0.2, 0) is 11.3 Å². The Labute approximate surface area is 122 Å². The first-order valence-electron chi connectivity index (χ1n) is 7.34. The summed E-state index contributed by atoms with van der Waals surface area (Å²) in [5, 5.41) is 3.34. The number of anilines is 1. The molecule has 0 heterocycles. The lowest BCUT2D eigenvalue weighted by Gasteiger charge is -2.31. The van der Waals surface area contributed by atoms with Crippen LogP contribution >= 0.6 is 0 Å². The van der Waals surface area contributed by atoms with Crippen LogP contribution in [0.1, 0.15) is 32.8 Å². The molecule has 0 unspecified atom stereocenters. The molecule has 1 aromatic rings. The molecular formula is C16H27FN2O. The summed E-state index contributed by atoms with van der Waals surface area (Å²) >= 11 is 0. The van der Waals surface area contributed by atoms with E-state index in [1.165, 1.54) is 6.07 Å². The minimum absolute atomic E-state index is 0.183. The van der Waals surface area contributed by atoms with E-state index in [0.717, 1.165) is 30.8 Å². The van der Waals surface area contributed by atoms with E-state index < -0.39 is 0 Å². The lowest BCUT2D eigenvalue weighted by molar-refractivity contribution is 0.203. The highest BCUT2D eigenvalue weighted by Gasteiger charge is 2.14. The standard InChI is InChI=1S/C16H27FN2O/c1-5-8-18-12-14-11-15(17)6-7-16(14)19(13(2)3)9-10-20-4/h6-7,11,13,18H,5,8-10,12H2,1-4H3. The third-order valence-electron chi connectivity index (χ3n) is 3.25. The summed E-state index contributed by atoms with van der Waals surface area (Å²) in [6.07, 6.45) is 1.07. The van der Waals surface area contributed by atoms with Crippen LogP contribution in [0.2, 0.25) is 0 Å². The zero-order valence-electron chi connectivity index (χ0n) is 13.1. The van der Waals surface area contributed by atoms with Gasteiger partial charge in [0.15, 0.2) is 0 Å². The number of nitrogens with zero attached hydrogens (tertiary/aromatic N) is 1. The monoisotopic (exact) mass is 282 g/mol. The SMILES string of the molecule is CCCNCc1cc(F)ccc1N(CCOC)C(C)C. The van der Waals surface area contributed by atoms with Crippen molar-refractivity contribution in [3.05, 3.63) is 29.6 Å². The molecule has 0 aromatic heterocycles. The van der Waals surface area contributed by atoms with E-state index in [-0.39, 0.29) is 5.82 Å². The van der Waals surface area contributed by atoms with Crippen LogP contribution in [0.5, 0.6) is 0 Å². The highest BCUT2D eigenvalue weighted by molar-refractivity contribution is 5.54. The van der Waals surface area contributed by atoms with Crippen LogP contribution in [0, 0.1) is 5.82 Å². The van der Waals surface area contributed by atoms with Gasteiger partial charge in [0.25, 0.3) is 0 Å². The van der Waals surface area contributed by atoms with Crippen LogP contribution in [0.15, 0.2) is 18.2 Å². The molecule has 0 aliphatic heterocycles. The van der Waals surface area contributed by atoms with Gasteiger partial charge in [-0.15, -0.1) is 0 Å². The predicted molar refractivity (Wildman–Crippen MR) is 82.8 cm³/mol. The molecule has 0 radical (unpaired) electrons. The molecule has 114 valence electrons. The van der Waals surface area contributed by atoms with Gasteiger partial charge in [-0.3, -0.25) is 0 Å². The second kappa shape index (κ2) is 8.93. The van der Waals surface area contributed by atoms with E-state index in [1.54, 1.807) is 13.2 Å². The molecule has 0 saturated carbocycles. The summed E-state index contributed by atoms with van der Waals surface area (Å²) in [7, 11) is 1.70. The lowest BCUT2D eigenvalue weighted by Crippen LogP contribution is -2.35. The molecule has 3 nitrogen and oxygen atoms in total. The Kier molecular flexibility index (Phi) is 7.55. The first-order chi connectivity index (χ1) is 9.60. The highest BCUT2D eigenvalue weighted by atomic mass is 19.1. The maximum Gasteiger partial charge on any atom is 0.123 e. The summed E-state index contributed by atoms with van der Waals surface area (Å²) < 4.78 is 18.7. The zero-order chi connectivity index (χ0) is 15.0. The van der Waals surface area contributed by atoms with Crippen LogP contribution in [0.3, 0.4) is 0 Å². The van der Waals surface area contributed by atoms with Crippen molar-refractivity contribution >= 4 is 5.69 Å². The van der Waals surface area contributed by atoms with Crippen LogP contribution in [-0.4, -0.2) is 32.8 Å². The number of hydrogen-bond acceptors (Lipinski definition) is 3. The molecule has 1 N–H and O–H groups in total. The van der Waals surface area contributed by atoms with Gasteiger partial charge in [-0.25, -0.2) is 4.39 Å². The van der Waals surface area contributed by atoms with Gasteiger partial charge >= 0.3 is 0 Å². The van der Waals surface area contributed by atoms with Gasteiger partial charge in [0.05, 0.1) is 6.61 Å². The summed E-state index contributed by atoms with van der Waals surface area (Å²) in [5.41, 5.74) is 2.09. The number of hydrogen-bond donors (Lipinski definition) is 1. The van der Waals surface area contributed by atoms with Gasteiger partial charge in [-0.1, -0.05) is 6.92 Å². The van der Waals surface area contributed by atoms with Gasteiger partial charge in [0, 0.05) is 31.9 Å². The fourth-order valence-corrected chi connectivity index (χ4v) is 2.22. The minimum Gasteiger partial charge on any atom is -0.383 e. The van der Waals surface area contributed by atoms with Crippen molar-refractivity contribution in [1.82, 2.24) is 5.32 Å². The number of methoxy groups -OCH3 is 1. The van der Waals surface area contributed by atoms with Gasteiger partial charge in [-0.2, -0.15) is 0 Å². The van der Waals surface area contributed by atoms with Crippen molar-refractivity contribution < 1.29 is 9.13 Å². The topological polar surface area (TPSA) is 24.5 Å². The Bertz CT molecular complexity index is 396. The molecule has 0 atom stereocenters. The molecule has 20 heavy (non-hydrogen) atoms. The van der Waals surface area contributed by atoms with Crippen LogP contribution in [0.4, 0.5) is 10.1 Å². The van der Waals surface area contributed by atoms with Gasteiger partial charge in [0.2, 0.25) is 0 Å². The molecule has 0 amide bonds. The fraction of sp³-hybridized carbons (Fsp3) is 0.625. The van der Waals surface area contributed by atoms with Gasteiger partial charge in [-0.05, 0) is 50.6 Å². The molecule has 0 saturated heterocycles. The Morgan fingerprint density at radius 1 is 1.35 bits per heavy atom. The van der Waals surface area contributed by atoms with E-state index in [4.69, 9.17) is 4.74 Å². The molecular weight excluding hydrogens is 255 g/mol. The van der Waals surface area contributed by atoms with Crippen molar-refractivity contribution in [3.8, 4) is 0 Å². The molecule has 1 aromatic carbocycles. The Balaban J connectivity index is 2.93. The quantitative estimate of drug-likeness (QED) is 0.704. The second-order valence-electron chi connectivity index (χ2n) is 5.23. The third-order valence-corrected chi connectivity index (χ3v) is 3.25. The Morgan fingerprint density at radius 2 is 2.10 bits per heavy atom. The molecule has 4 heteroatoms. The van der Waals surface area contributed by atoms with E-state index in [0.29, 0.717) is 19.2 Å². The van der Waals surface area contributed by atoms with Crippen LogP contribution < -0.4 is 10.2 Å². The lowest BCUT2D eigenvalue weighted by atomic mass is 10.1. The van der Waals surface area contributed by atoms with E-state index in [9.17, 15) is 4.39 Å². The number of rotatable bonds is 9. The first-order valence-corrected chi connectivity index (χ1v) is 7.34. The maximum absolute atomic E-state index is 13.5. The highest BCUT2D eigenvalue weighted by Crippen LogP contribution is 2.23. The average molecular weight is 282 g/mol. The number of benzene rings is 1. The van der Waals surface area contributed by atoms with E-state index in [2.05, 4.69) is 31.0 Å². The van der Waals surface area contributed by atoms with Crippen molar-refractivity contribution in [2.45, 2.75) is 39.8 Å². The Morgan fingerprint density at radius 3 is 2.70 bits per heavy atom. The summed E-state index contributed by atoms with van der Waals surface area (Å²) in [6.45, 7) is 9.51. The molecule has 0 spiro atoms. The maximum atomic E-state index is 13.5. The van der Waals surface area contributed by atoms with Gasteiger partial charge in [0.1, 0.15) is 5.82 Å². The number of ether oxygens (including phenoxy) is 1. The smallest absolute Gasteiger partial charge is 0.123 e. The molecule has 0 bridgehead atoms. The molecule has 0 aliphatic carbocycles. The molecule has 0 aliphatic rings. The predicted octanol–water partition coefficient (Wildman–Crippen LogP) is 3.19. The summed E-state index contributed by atoms with van der Waals surface area (Å²) in [5.74, 6) is -0.183. The second-order valence-corrected chi connectivity index (χ2v) is 5.23. The van der Waals surface area contributed by atoms with Crippen molar-refractivity contribution in [1.29, 1.82) is 0 Å². The largest absolute Gasteiger partial charge is 0.383 e. The molecule has 0 fully saturated rings. The van der Waals surface area contributed by atoms with Crippen molar-refractivity contribution in [2.75, 3.05) is 31.7 Å². The fourth-order valence-electron chi connectivity index (χ4n) is 2.22. The molecule has 1 rings (SSSR count). The normalized spacial score (nSPS) is 11.1. The van der Waals surface area contributed by atoms with Gasteiger partial charge < -0.3 is 15.0 Å².